The Hall–Kier alpha value is -1.91. The maximum Gasteiger partial charge on any atom is 0.408 e. The Morgan fingerprint density at radius 2 is 1.86 bits per heavy atom. The Morgan fingerprint density at radius 3 is 2.45 bits per heavy atom. The predicted octanol–water partition coefficient (Wildman–Crippen LogP) is 3.13. The molecule has 0 spiro atoms. The van der Waals surface area contributed by atoms with Crippen molar-refractivity contribution >= 4 is 11.8 Å². The van der Waals surface area contributed by atoms with Gasteiger partial charge >= 0.3 is 12.8 Å². The highest BCUT2D eigenvalue weighted by Crippen LogP contribution is 2.24. The number of nitrogens with zero attached hydrogens (tertiary/aromatic N) is 4. The zero-order valence-electron chi connectivity index (χ0n) is 10.8. The van der Waals surface area contributed by atoms with Crippen LogP contribution in [0.1, 0.15) is 5.56 Å². The van der Waals surface area contributed by atoms with Crippen molar-refractivity contribution in [2.75, 3.05) is 0 Å². The van der Waals surface area contributed by atoms with Crippen LogP contribution in [0.2, 0.25) is 0 Å². The van der Waals surface area contributed by atoms with Gasteiger partial charge in [-0.05, 0) is 28.1 Å². The van der Waals surface area contributed by atoms with Crippen LogP contribution >= 0.6 is 11.8 Å². The molecule has 11 heteroatoms. The third-order valence-corrected chi connectivity index (χ3v) is 3.37. The van der Waals surface area contributed by atoms with E-state index in [-0.39, 0.29) is 16.7 Å². The number of aromatic nitrogens is 4. The molecule has 0 unspecified atom stereocenters. The van der Waals surface area contributed by atoms with Gasteiger partial charge in [0.2, 0.25) is 5.16 Å². The molecule has 0 atom stereocenters. The van der Waals surface area contributed by atoms with E-state index in [4.69, 9.17) is 0 Å². The lowest BCUT2D eigenvalue weighted by Crippen LogP contribution is -2.19. The fourth-order valence-corrected chi connectivity index (χ4v) is 2.32. The molecule has 1 heterocycles. The van der Waals surface area contributed by atoms with E-state index in [1.54, 1.807) is 0 Å². The van der Waals surface area contributed by atoms with Crippen LogP contribution in [0.5, 0.6) is 5.75 Å². The van der Waals surface area contributed by atoms with Crippen molar-refractivity contribution in [3.63, 3.8) is 0 Å². The summed E-state index contributed by atoms with van der Waals surface area (Å²) in [6.07, 6.45) is -4.42. The van der Waals surface area contributed by atoms with Crippen LogP contribution in [0.3, 0.4) is 0 Å². The zero-order valence-corrected chi connectivity index (χ0v) is 11.6. The monoisotopic (exact) mass is 340 g/mol. The number of ether oxygens (including phenoxy) is 1. The number of thioether (sulfide) groups is 1. The second kappa shape index (κ2) is 6.90. The summed E-state index contributed by atoms with van der Waals surface area (Å²) in [6, 6.07) is 5.76. The first-order valence-electron chi connectivity index (χ1n) is 5.83. The zero-order chi connectivity index (χ0) is 16.2. The largest absolute Gasteiger partial charge is 0.435 e. The number of halogens is 5. The Bertz CT molecular complexity index is 601. The first kappa shape index (κ1) is 16.5. The molecule has 5 nitrogen and oxygen atoms in total. The molecule has 0 saturated heterocycles. The van der Waals surface area contributed by atoms with E-state index in [0.29, 0.717) is 10.2 Å². The van der Waals surface area contributed by atoms with Gasteiger partial charge < -0.3 is 4.74 Å². The number of hydrogen-bond acceptors (Lipinski definition) is 5. The van der Waals surface area contributed by atoms with Crippen molar-refractivity contribution in [2.45, 2.75) is 30.2 Å². The number of tetrazole rings is 1. The normalized spacial score (nSPS) is 11.9. The predicted molar refractivity (Wildman–Crippen MR) is 66.5 cm³/mol. The summed E-state index contributed by atoms with van der Waals surface area (Å²) in [7, 11) is 0. The fourth-order valence-electron chi connectivity index (χ4n) is 1.48. The molecule has 0 aliphatic carbocycles. The van der Waals surface area contributed by atoms with Gasteiger partial charge in [-0.15, -0.1) is 5.10 Å². The van der Waals surface area contributed by atoms with Crippen LogP contribution in [-0.4, -0.2) is 33.0 Å². The molecule has 0 saturated carbocycles. The van der Waals surface area contributed by atoms with Gasteiger partial charge in [0.05, 0.1) is 0 Å². The van der Waals surface area contributed by atoms with Crippen molar-refractivity contribution in [3.8, 4) is 5.75 Å². The summed E-state index contributed by atoms with van der Waals surface area (Å²) in [5.41, 5.74) is 0.702. The highest BCUT2D eigenvalue weighted by Gasteiger charge is 2.30. The summed E-state index contributed by atoms with van der Waals surface area (Å²) in [5.74, 6) is 0.290. The SMILES string of the molecule is FC(F)Oc1ccc(CSc2nnnn2CC(F)(F)F)cc1. The lowest BCUT2D eigenvalue weighted by Gasteiger charge is -2.08. The molecular weight excluding hydrogens is 331 g/mol. The average Bonchev–Trinajstić information content (AvgIpc) is 2.82. The summed E-state index contributed by atoms with van der Waals surface area (Å²) in [4.78, 5) is 0. The van der Waals surface area contributed by atoms with E-state index >= 15 is 0 Å². The number of hydrogen-bond donors (Lipinski definition) is 0. The van der Waals surface area contributed by atoms with Gasteiger partial charge in [0.25, 0.3) is 0 Å². The molecule has 120 valence electrons. The topological polar surface area (TPSA) is 52.8 Å². The smallest absolute Gasteiger partial charge is 0.408 e. The van der Waals surface area contributed by atoms with Crippen LogP contribution in [-0.2, 0) is 12.3 Å². The molecule has 0 aliphatic rings. The van der Waals surface area contributed by atoms with Crippen molar-refractivity contribution in [3.05, 3.63) is 29.8 Å². The first-order valence-corrected chi connectivity index (χ1v) is 6.81. The minimum absolute atomic E-state index is 0.00524. The molecule has 2 rings (SSSR count). The molecule has 22 heavy (non-hydrogen) atoms. The maximum atomic E-state index is 12.3. The Balaban J connectivity index is 1.94. The molecular formula is C11H9F5N4OS. The highest BCUT2D eigenvalue weighted by atomic mass is 32.2. The van der Waals surface area contributed by atoms with E-state index in [0.717, 1.165) is 11.8 Å². The van der Waals surface area contributed by atoms with Crippen LogP contribution in [0, 0.1) is 0 Å². The highest BCUT2D eigenvalue weighted by molar-refractivity contribution is 7.98. The number of rotatable bonds is 6. The van der Waals surface area contributed by atoms with Gasteiger partial charge in [-0.1, -0.05) is 23.9 Å². The average molecular weight is 340 g/mol. The Labute approximate surface area is 125 Å². The lowest BCUT2D eigenvalue weighted by molar-refractivity contribution is -0.144. The van der Waals surface area contributed by atoms with Crippen molar-refractivity contribution in [2.24, 2.45) is 0 Å². The van der Waals surface area contributed by atoms with Crippen molar-refractivity contribution in [1.29, 1.82) is 0 Å². The summed E-state index contributed by atoms with van der Waals surface area (Å²) in [6.45, 7) is -4.18. The quantitative estimate of drug-likeness (QED) is 0.597. The third-order valence-electron chi connectivity index (χ3n) is 2.34. The second-order valence-corrected chi connectivity index (χ2v) is 4.99. The molecule has 0 aliphatic heterocycles. The summed E-state index contributed by atoms with van der Waals surface area (Å²) >= 11 is 1.01. The third kappa shape index (κ3) is 5.13. The Kier molecular flexibility index (Phi) is 5.16. The molecule has 0 amide bonds. The number of benzene rings is 1. The molecule has 2 aromatic rings. The molecule has 0 fully saturated rings. The van der Waals surface area contributed by atoms with E-state index < -0.39 is 19.3 Å². The molecule has 0 radical (unpaired) electrons. The van der Waals surface area contributed by atoms with Crippen molar-refractivity contribution < 1.29 is 26.7 Å². The summed E-state index contributed by atoms with van der Waals surface area (Å²) < 4.78 is 65.8. The van der Waals surface area contributed by atoms with Crippen LogP contribution in [0.15, 0.2) is 29.4 Å². The van der Waals surface area contributed by atoms with Crippen molar-refractivity contribution in [1.82, 2.24) is 20.2 Å². The molecule has 0 N–H and O–H groups in total. The first-order chi connectivity index (χ1) is 10.3. The van der Waals surface area contributed by atoms with E-state index in [9.17, 15) is 22.0 Å². The van der Waals surface area contributed by atoms with Gasteiger partial charge in [-0.25, -0.2) is 4.68 Å². The fraction of sp³-hybridized carbons (Fsp3) is 0.364. The summed E-state index contributed by atoms with van der Waals surface area (Å²) in [5, 5.41) is 10.0. The molecule has 1 aromatic carbocycles. The van der Waals surface area contributed by atoms with E-state index in [1.165, 1.54) is 24.3 Å². The van der Waals surface area contributed by atoms with Gasteiger partial charge in [-0.2, -0.15) is 22.0 Å². The maximum absolute atomic E-state index is 12.3. The van der Waals surface area contributed by atoms with E-state index in [1.807, 2.05) is 0 Å². The van der Waals surface area contributed by atoms with Gasteiger partial charge in [0.15, 0.2) is 0 Å². The molecule has 0 bridgehead atoms. The minimum Gasteiger partial charge on any atom is -0.435 e. The van der Waals surface area contributed by atoms with Crippen LogP contribution < -0.4 is 4.74 Å². The van der Waals surface area contributed by atoms with Gasteiger partial charge in [-0.3, -0.25) is 0 Å². The molecule has 1 aromatic heterocycles. The minimum atomic E-state index is -4.42. The van der Waals surface area contributed by atoms with Gasteiger partial charge in [0, 0.05) is 5.75 Å². The number of alkyl halides is 5. The van der Waals surface area contributed by atoms with Crippen LogP contribution in [0.4, 0.5) is 22.0 Å². The van der Waals surface area contributed by atoms with Crippen LogP contribution in [0.25, 0.3) is 0 Å². The van der Waals surface area contributed by atoms with Gasteiger partial charge in [0.1, 0.15) is 12.3 Å². The van der Waals surface area contributed by atoms with E-state index in [2.05, 4.69) is 20.3 Å². The lowest BCUT2D eigenvalue weighted by atomic mass is 10.2. The second-order valence-electron chi connectivity index (χ2n) is 4.05. The standard InChI is InChI=1S/C11H9F5N4OS/c12-9(13)21-8-3-1-7(2-4-8)5-22-10-17-18-19-20(10)6-11(14,15)16/h1-4,9H,5-6H2. The Morgan fingerprint density at radius 1 is 1.18 bits per heavy atom.